The van der Waals surface area contributed by atoms with Crippen LogP contribution < -0.4 is 10.2 Å². The first-order chi connectivity index (χ1) is 17.7. The Morgan fingerprint density at radius 2 is 1.95 bits per heavy atom. The fourth-order valence-corrected chi connectivity index (χ4v) is 4.67. The predicted molar refractivity (Wildman–Crippen MR) is 133 cm³/mol. The molecule has 5 rings (SSSR count). The van der Waals surface area contributed by atoms with Gasteiger partial charge in [-0.1, -0.05) is 30.3 Å². The zero-order chi connectivity index (χ0) is 26.3. The highest BCUT2D eigenvalue weighted by molar-refractivity contribution is 6.35. The third-order valence-electron chi connectivity index (χ3n) is 6.13. The zero-order valence-corrected chi connectivity index (χ0v) is 20.0. The Bertz CT molecular complexity index is 1510. The number of hydrogen-bond acceptors (Lipinski definition) is 6. The number of H-pyrrole nitrogens is 1. The Kier molecular flexibility index (Phi) is 6.36. The summed E-state index contributed by atoms with van der Waals surface area (Å²) in [5, 5.41) is 9.91. The van der Waals surface area contributed by atoms with Gasteiger partial charge in [0, 0.05) is 42.5 Å². The molecule has 0 bridgehead atoms. The van der Waals surface area contributed by atoms with E-state index in [4.69, 9.17) is 11.6 Å². The van der Waals surface area contributed by atoms with Crippen molar-refractivity contribution in [2.75, 3.05) is 42.9 Å². The van der Waals surface area contributed by atoms with Gasteiger partial charge in [-0.15, -0.1) is 0 Å². The van der Waals surface area contributed by atoms with Crippen molar-refractivity contribution in [3.63, 3.8) is 0 Å². The smallest absolute Gasteiger partial charge is 0.352 e. The minimum atomic E-state index is -4.53. The second kappa shape index (κ2) is 9.51. The van der Waals surface area contributed by atoms with Crippen LogP contribution in [0.4, 0.5) is 29.3 Å². The molecule has 1 aliphatic heterocycles. The van der Waals surface area contributed by atoms with Crippen LogP contribution in [-0.4, -0.2) is 69.9 Å². The van der Waals surface area contributed by atoms with Gasteiger partial charge >= 0.3 is 6.18 Å². The van der Waals surface area contributed by atoms with Crippen molar-refractivity contribution in [2.24, 2.45) is 0 Å². The summed E-state index contributed by atoms with van der Waals surface area (Å²) in [4.78, 5) is 23.7. The molecule has 0 radical (unpaired) electrons. The molecule has 4 aromatic rings. The van der Waals surface area contributed by atoms with Crippen LogP contribution in [0.3, 0.4) is 0 Å². The van der Waals surface area contributed by atoms with Crippen LogP contribution in [0.25, 0.3) is 32.9 Å². The van der Waals surface area contributed by atoms with Gasteiger partial charge in [0.2, 0.25) is 11.9 Å². The molecular formula is C24H20ClF4N7O. The molecule has 13 heteroatoms. The Morgan fingerprint density at radius 1 is 1.19 bits per heavy atom. The maximum Gasteiger partial charge on any atom is 0.405 e. The number of aromatic amines is 1. The number of fused-ring (bicyclic) bond motifs is 2. The molecule has 192 valence electrons. The lowest BCUT2D eigenvalue weighted by Crippen LogP contribution is -2.48. The van der Waals surface area contributed by atoms with E-state index in [1.54, 1.807) is 28.0 Å². The summed E-state index contributed by atoms with van der Waals surface area (Å²) in [5.41, 5.74) is 0.987. The minimum Gasteiger partial charge on any atom is -0.352 e. The van der Waals surface area contributed by atoms with Gasteiger partial charge in [0.1, 0.15) is 17.9 Å². The lowest BCUT2D eigenvalue weighted by molar-refractivity contribution is -0.126. The number of piperazine rings is 1. The summed E-state index contributed by atoms with van der Waals surface area (Å²) in [5.74, 6) is -1.19. The third kappa shape index (κ3) is 4.76. The van der Waals surface area contributed by atoms with Crippen molar-refractivity contribution in [1.29, 1.82) is 0 Å². The summed E-state index contributed by atoms with van der Waals surface area (Å²) in [6.07, 6.45) is -1.78. The van der Waals surface area contributed by atoms with E-state index in [0.717, 1.165) is 0 Å². The largest absolute Gasteiger partial charge is 0.405 e. The zero-order valence-electron chi connectivity index (χ0n) is 19.2. The molecule has 0 saturated carbocycles. The molecule has 1 fully saturated rings. The van der Waals surface area contributed by atoms with E-state index in [9.17, 15) is 18.0 Å². The molecule has 3 heterocycles. The first-order valence-electron chi connectivity index (χ1n) is 11.3. The van der Waals surface area contributed by atoms with E-state index in [1.165, 1.54) is 18.3 Å². The van der Waals surface area contributed by atoms with Gasteiger partial charge in [-0.3, -0.25) is 9.89 Å². The van der Waals surface area contributed by atoms with Crippen molar-refractivity contribution in [3.8, 4) is 11.1 Å². The second-order valence-electron chi connectivity index (χ2n) is 8.44. The van der Waals surface area contributed by atoms with Crippen LogP contribution >= 0.6 is 11.6 Å². The van der Waals surface area contributed by atoms with E-state index in [1.807, 2.05) is 0 Å². The maximum atomic E-state index is 16.1. The first kappa shape index (κ1) is 24.8. The number of hydrogen-bond donors (Lipinski definition) is 2. The standard InChI is InChI=1S/C24H20ClF4N7O/c1-2-18(37)35-6-8-36(9-7-35)22-14-10-16(25)19(13-4-3-5-17-15(13)11-31-34-17)20(26)21(14)32-23(33-22)30-12-24(27,28)29/h2-5,10-11H,1,6-9,12H2,(H,31,34)(H,30,32,33). The SMILES string of the molecule is C=CC(=O)N1CCN(c2nc(NCC(F)(F)F)nc3c(F)c(-c4cccc5[nH]ncc45)c(Cl)cc23)CC1. The van der Waals surface area contributed by atoms with E-state index < -0.39 is 18.5 Å². The average Bonchev–Trinajstić information content (AvgIpc) is 3.36. The van der Waals surface area contributed by atoms with Crippen LogP contribution in [0.15, 0.2) is 43.1 Å². The molecule has 0 atom stereocenters. The number of nitrogens with one attached hydrogen (secondary N) is 2. The lowest BCUT2D eigenvalue weighted by atomic mass is 9.99. The second-order valence-corrected chi connectivity index (χ2v) is 8.84. The van der Waals surface area contributed by atoms with Gasteiger partial charge in [-0.05, 0) is 23.8 Å². The molecule has 1 aliphatic rings. The number of anilines is 2. The van der Waals surface area contributed by atoms with Gasteiger partial charge in [0.05, 0.1) is 16.7 Å². The van der Waals surface area contributed by atoms with Gasteiger partial charge in [0.15, 0.2) is 5.82 Å². The van der Waals surface area contributed by atoms with Crippen molar-refractivity contribution in [1.82, 2.24) is 25.1 Å². The highest BCUT2D eigenvalue weighted by Gasteiger charge is 2.29. The minimum absolute atomic E-state index is 0.0500. The molecule has 2 aromatic carbocycles. The molecule has 1 amide bonds. The summed E-state index contributed by atoms with van der Waals surface area (Å²) in [6.45, 7) is 3.40. The predicted octanol–water partition coefficient (Wildman–Crippen LogP) is 4.77. The van der Waals surface area contributed by atoms with Gasteiger partial charge in [-0.25, -0.2) is 9.37 Å². The van der Waals surface area contributed by atoms with Crippen molar-refractivity contribution in [3.05, 3.63) is 54.0 Å². The van der Waals surface area contributed by atoms with E-state index in [2.05, 4.69) is 32.1 Å². The van der Waals surface area contributed by atoms with Crippen molar-refractivity contribution in [2.45, 2.75) is 6.18 Å². The van der Waals surface area contributed by atoms with Crippen LogP contribution in [0, 0.1) is 5.82 Å². The molecule has 0 aliphatic carbocycles. The lowest BCUT2D eigenvalue weighted by Gasteiger charge is -2.35. The number of benzene rings is 2. The quantitative estimate of drug-likeness (QED) is 0.284. The fourth-order valence-electron chi connectivity index (χ4n) is 4.38. The third-order valence-corrected chi connectivity index (χ3v) is 6.43. The van der Waals surface area contributed by atoms with Crippen molar-refractivity contribution >= 4 is 51.1 Å². The first-order valence-corrected chi connectivity index (χ1v) is 11.6. The number of halogens is 5. The summed E-state index contributed by atoms with van der Waals surface area (Å²) >= 11 is 6.59. The van der Waals surface area contributed by atoms with E-state index >= 15 is 4.39 Å². The van der Waals surface area contributed by atoms with Crippen LogP contribution in [-0.2, 0) is 4.79 Å². The molecule has 37 heavy (non-hydrogen) atoms. The Morgan fingerprint density at radius 3 is 2.65 bits per heavy atom. The summed E-state index contributed by atoms with van der Waals surface area (Å²) in [7, 11) is 0. The number of nitrogens with zero attached hydrogens (tertiary/aromatic N) is 5. The van der Waals surface area contributed by atoms with Crippen LogP contribution in [0.5, 0.6) is 0 Å². The number of aromatic nitrogens is 4. The monoisotopic (exact) mass is 533 g/mol. The summed E-state index contributed by atoms with van der Waals surface area (Å²) in [6, 6.07) is 6.67. The highest BCUT2D eigenvalue weighted by atomic mass is 35.5. The number of amides is 1. The van der Waals surface area contributed by atoms with E-state index in [0.29, 0.717) is 42.6 Å². The van der Waals surface area contributed by atoms with Crippen LogP contribution in [0.1, 0.15) is 0 Å². The molecule has 2 aromatic heterocycles. The number of alkyl halides is 3. The Hall–Kier alpha value is -3.93. The van der Waals surface area contributed by atoms with E-state index in [-0.39, 0.29) is 39.2 Å². The fraction of sp³-hybridized carbons (Fsp3) is 0.250. The average molecular weight is 534 g/mol. The molecule has 8 nitrogen and oxygen atoms in total. The molecule has 1 saturated heterocycles. The van der Waals surface area contributed by atoms with Gasteiger partial charge < -0.3 is 15.1 Å². The number of rotatable bonds is 5. The highest BCUT2D eigenvalue weighted by Crippen LogP contribution is 2.40. The molecule has 0 spiro atoms. The van der Waals surface area contributed by atoms with Crippen molar-refractivity contribution < 1.29 is 22.4 Å². The van der Waals surface area contributed by atoms with Gasteiger partial charge in [-0.2, -0.15) is 23.3 Å². The van der Waals surface area contributed by atoms with Gasteiger partial charge in [0.25, 0.3) is 0 Å². The number of carbonyl (C=O) groups is 1. The normalized spacial score (nSPS) is 14.4. The topological polar surface area (TPSA) is 90.0 Å². The maximum absolute atomic E-state index is 16.1. The molecule has 0 unspecified atom stereocenters. The van der Waals surface area contributed by atoms with Crippen LogP contribution in [0.2, 0.25) is 5.02 Å². The molecular weight excluding hydrogens is 514 g/mol. The Balaban J connectivity index is 1.65. The summed E-state index contributed by atoms with van der Waals surface area (Å²) < 4.78 is 54.9. The molecule has 2 N–H and O–H groups in total. The number of carbonyl (C=O) groups excluding carboxylic acids is 1. The Labute approximate surface area is 212 Å².